The van der Waals surface area contributed by atoms with E-state index >= 15 is 0 Å². The van der Waals surface area contributed by atoms with Crippen LogP contribution in [0.5, 0.6) is 0 Å². The van der Waals surface area contributed by atoms with Crippen LogP contribution >= 0.6 is 23.4 Å². The molecule has 0 saturated carbocycles. The minimum absolute atomic E-state index is 0.0690. The van der Waals surface area contributed by atoms with Gasteiger partial charge in [-0.25, -0.2) is 4.98 Å². The van der Waals surface area contributed by atoms with E-state index in [4.69, 9.17) is 16.6 Å². The van der Waals surface area contributed by atoms with Gasteiger partial charge in [0.25, 0.3) is 0 Å². The molecule has 1 aromatic carbocycles. The van der Waals surface area contributed by atoms with Crippen molar-refractivity contribution in [3.8, 4) is 0 Å². The molecule has 7 heteroatoms. The molecule has 2 aliphatic rings. The van der Waals surface area contributed by atoms with E-state index in [2.05, 4.69) is 9.88 Å². The van der Waals surface area contributed by atoms with Gasteiger partial charge in [0, 0.05) is 42.7 Å². The average Bonchev–Trinajstić information content (AvgIpc) is 2.68. The summed E-state index contributed by atoms with van der Waals surface area (Å²) in [6.45, 7) is 3.43. The van der Waals surface area contributed by atoms with Gasteiger partial charge in [0.2, 0.25) is 5.91 Å². The zero-order chi connectivity index (χ0) is 17.2. The average molecular weight is 377 g/mol. The lowest BCUT2D eigenvalue weighted by Crippen LogP contribution is -2.47. The molecule has 3 heterocycles. The zero-order valence-corrected chi connectivity index (χ0v) is 15.6. The molecule has 4 rings (SSSR count). The second-order valence-electron chi connectivity index (χ2n) is 6.58. The number of halogens is 1. The molecular weight excluding hydrogens is 356 g/mol. The molecule has 2 aromatic rings. The van der Waals surface area contributed by atoms with Crippen molar-refractivity contribution in [2.75, 3.05) is 42.6 Å². The first-order chi connectivity index (χ1) is 12.2. The number of carbonyl (C=O) groups is 1. The van der Waals surface area contributed by atoms with Crippen LogP contribution in [0.2, 0.25) is 5.02 Å². The maximum Gasteiger partial charge on any atom is 0.227 e. The summed E-state index contributed by atoms with van der Waals surface area (Å²) in [6, 6.07) is 5.55. The van der Waals surface area contributed by atoms with Crippen molar-refractivity contribution >= 4 is 46.1 Å². The molecular formula is C18H21ClN4OS. The van der Waals surface area contributed by atoms with Crippen molar-refractivity contribution in [1.82, 2.24) is 14.9 Å². The Kier molecular flexibility index (Phi) is 4.99. The molecule has 0 N–H and O–H groups in total. The SMILES string of the molecule is O=C(C1CCCN(c2cnc3cc(Cl)ccc3n2)C1)N1CCSCC1. The smallest absolute Gasteiger partial charge is 0.227 e. The van der Waals surface area contributed by atoms with Gasteiger partial charge in [-0.2, -0.15) is 11.8 Å². The molecule has 132 valence electrons. The van der Waals surface area contributed by atoms with E-state index in [0.29, 0.717) is 10.9 Å². The minimum Gasteiger partial charge on any atom is -0.355 e. The van der Waals surface area contributed by atoms with Crippen LogP contribution in [-0.2, 0) is 4.79 Å². The Bertz CT molecular complexity index is 781. The van der Waals surface area contributed by atoms with Crippen molar-refractivity contribution in [3.05, 3.63) is 29.4 Å². The Labute approximate surface area is 156 Å². The van der Waals surface area contributed by atoms with E-state index < -0.39 is 0 Å². The van der Waals surface area contributed by atoms with Crippen LogP contribution in [0, 0.1) is 5.92 Å². The first-order valence-electron chi connectivity index (χ1n) is 8.74. The number of piperidine rings is 1. The van der Waals surface area contributed by atoms with Gasteiger partial charge in [-0.1, -0.05) is 11.6 Å². The maximum absolute atomic E-state index is 12.8. The highest BCUT2D eigenvalue weighted by atomic mass is 35.5. The van der Waals surface area contributed by atoms with Gasteiger partial charge in [0.1, 0.15) is 5.82 Å². The highest BCUT2D eigenvalue weighted by molar-refractivity contribution is 7.99. The molecule has 1 amide bonds. The number of thioether (sulfide) groups is 1. The second-order valence-corrected chi connectivity index (χ2v) is 8.25. The predicted octanol–water partition coefficient (Wildman–Crippen LogP) is 3.08. The maximum atomic E-state index is 12.8. The molecule has 2 saturated heterocycles. The number of hydrogen-bond acceptors (Lipinski definition) is 5. The number of fused-ring (bicyclic) bond motifs is 1. The Morgan fingerprint density at radius 2 is 2.04 bits per heavy atom. The molecule has 0 aliphatic carbocycles. The first-order valence-corrected chi connectivity index (χ1v) is 10.3. The molecule has 1 atom stereocenters. The number of carbonyl (C=O) groups excluding carboxylic acids is 1. The van der Waals surface area contributed by atoms with E-state index in [1.165, 1.54) is 0 Å². The topological polar surface area (TPSA) is 49.3 Å². The van der Waals surface area contributed by atoms with E-state index in [1.54, 1.807) is 6.20 Å². The van der Waals surface area contributed by atoms with Gasteiger partial charge in [0.05, 0.1) is 23.1 Å². The van der Waals surface area contributed by atoms with Crippen LogP contribution in [0.4, 0.5) is 5.82 Å². The third-order valence-corrected chi connectivity index (χ3v) is 6.09. The number of aromatic nitrogens is 2. The Morgan fingerprint density at radius 3 is 2.88 bits per heavy atom. The summed E-state index contributed by atoms with van der Waals surface area (Å²) >= 11 is 7.94. The predicted molar refractivity (Wildman–Crippen MR) is 103 cm³/mol. The number of amides is 1. The molecule has 25 heavy (non-hydrogen) atoms. The monoisotopic (exact) mass is 376 g/mol. The number of anilines is 1. The molecule has 5 nitrogen and oxygen atoms in total. The first kappa shape index (κ1) is 16.9. The lowest BCUT2D eigenvalue weighted by Gasteiger charge is -2.36. The van der Waals surface area contributed by atoms with Crippen LogP contribution in [0.25, 0.3) is 11.0 Å². The Balaban J connectivity index is 1.50. The van der Waals surface area contributed by atoms with Gasteiger partial charge < -0.3 is 9.80 Å². The molecule has 2 aliphatic heterocycles. The van der Waals surface area contributed by atoms with Crippen LogP contribution in [-0.4, -0.2) is 58.5 Å². The van der Waals surface area contributed by atoms with Crippen molar-refractivity contribution in [3.63, 3.8) is 0 Å². The molecule has 2 fully saturated rings. The summed E-state index contributed by atoms with van der Waals surface area (Å²) in [5.41, 5.74) is 1.63. The fourth-order valence-corrected chi connectivity index (χ4v) is 4.62. The third-order valence-electron chi connectivity index (χ3n) is 4.91. The second kappa shape index (κ2) is 7.38. The van der Waals surface area contributed by atoms with Gasteiger partial charge >= 0.3 is 0 Å². The van der Waals surface area contributed by atoms with Crippen molar-refractivity contribution < 1.29 is 4.79 Å². The summed E-state index contributed by atoms with van der Waals surface area (Å²) in [5, 5.41) is 0.665. The Hall–Kier alpha value is -1.53. The van der Waals surface area contributed by atoms with Crippen LogP contribution in [0.15, 0.2) is 24.4 Å². The van der Waals surface area contributed by atoms with Gasteiger partial charge in [-0.05, 0) is 31.0 Å². The number of nitrogens with zero attached hydrogens (tertiary/aromatic N) is 4. The zero-order valence-electron chi connectivity index (χ0n) is 14.0. The van der Waals surface area contributed by atoms with E-state index in [0.717, 1.165) is 67.4 Å². The largest absolute Gasteiger partial charge is 0.355 e. The van der Waals surface area contributed by atoms with Crippen LogP contribution < -0.4 is 4.90 Å². The summed E-state index contributed by atoms with van der Waals surface area (Å²) in [6.07, 6.45) is 3.78. The van der Waals surface area contributed by atoms with Gasteiger partial charge in [0.15, 0.2) is 0 Å². The van der Waals surface area contributed by atoms with E-state index in [-0.39, 0.29) is 5.92 Å². The van der Waals surface area contributed by atoms with Crippen molar-refractivity contribution in [1.29, 1.82) is 0 Å². The summed E-state index contributed by atoms with van der Waals surface area (Å²) in [5.74, 6) is 3.34. The minimum atomic E-state index is 0.0690. The van der Waals surface area contributed by atoms with Gasteiger partial charge in [-0.15, -0.1) is 0 Å². The number of hydrogen-bond donors (Lipinski definition) is 0. The quantitative estimate of drug-likeness (QED) is 0.806. The molecule has 0 spiro atoms. The van der Waals surface area contributed by atoms with Crippen molar-refractivity contribution in [2.24, 2.45) is 5.92 Å². The normalized spacial score (nSPS) is 21.6. The number of benzene rings is 1. The van der Waals surface area contributed by atoms with E-state index in [1.807, 2.05) is 34.9 Å². The van der Waals surface area contributed by atoms with Crippen molar-refractivity contribution in [2.45, 2.75) is 12.8 Å². The fraction of sp³-hybridized carbons (Fsp3) is 0.500. The number of rotatable bonds is 2. The summed E-state index contributed by atoms with van der Waals surface area (Å²) in [7, 11) is 0. The highest BCUT2D eigenvalue weighted by Gasteiger charge is 2.30. The summed E-state index contributed by atoms with van der Waals surface area (Å²) < 4.78 is 0. The highest BCUT2D eigenvalue weighted by Crippen LogP contribution is 2.25. The summed E-state index contributed by atoms with van der Waals surface area (Å²) in [4.78, 5) is 26.3. The molecule has 1 aromatic heterocycles. The standard InChI is InChI=1S/C18H21ClN4OS/c19-14-3-4-15-16(10-14)20-11-17(21-15)23-5-1-2-13(12-23)18(24)22-6-8-25-9-7-22/h3-4,10-11,13H,1-2,5-9,12H2. The molecule has 1 unspecified atom stereocenters. The molecule has 0 bridgehead atoms. The lowest BCUT2D eigenvalue weighted by atomic mass is 9.96. The van der Waals surface area contributed by atoms with Crippen LogP contribution in [0.3, 0.4) is 0 Å². The molecule has 0 radical (unpaired) electrons. The lowest BCUT2D eigenvalue weighted by molar-refractivity contribution is -0.135. The fourth-order valence-electron chi connectivity index (χ4n) is 3.56. The third kappa shape index (κ3) is 3.70. The Morgan fingerprint density at radius 1 is 1.20 bits per heavy atom. The van der Waals surface area contributed by atoms with Gasteiger partial charge in [-0.3, -0.25) is 9.78 Å². The van der Waals surface area contributed by atoms with E-state index in [9.17, 15) is 4.79 Å². The van der Waals surface area contributed by atoms with Crippen LogP contribution in [0.1, 0.15) is 12.8 Å².